The summed E-state index contributed by atoms with van der Waals surface area (Å²) >= 11 is 0. The molecule has 10 heteroatoms. The molecule has 0 unspecified atom stereocenters. The van der Waals surface area contributed by atoms with Crippen LogP contribution in [-0.4, -0.2) is 36.9 Å². The molecule has 0 amide bonds. The van der Waals surface area contributed by atoms with Crippen LogP contribution in [0.2, 0.25) is 0 Å². The van der Waals surface area contributed by atoms with E-state index < -0.39 is 17.4 Å². The second kappa shape index (κ2) is 7.58. The van der Waals surface area contributed by atoms with Gasteiger partial charge in [-0.15, -0.1) is 10.2 Å². The van der Waals surface area contributed by atoms with E-state index in [-0.39, 0.29) is 10.9 Å². The first-order valence-electron chi connectivity index (χ1n) is 10.6. The van der Waals surface area contributed by atoms with E-state index in [9.17, 15) is 18.0 Å². The minimum absolute atomic E-state index is 0.170. The van der Waals surface area contributed by atoms with E-state index in [2.05, 4.69) is 10.2 Å². The van der Waals surface area contributed by atoms with Gasteiger partial charge in [0, 0.05) is 31.3 Å². The van der Waals surface area contributed by atoms with Gasteiger partial charge in [0.2, 0.25) is 0 Å². The summed E-state index contributed by atoms with van der Waals surface area (Å²) in [5, 5.41) is 8.11. The highest BCUT2D eigenvalue weighted by Crippen LogP contribution is 2.37. The molecule has 0 spiro atoms. The number of pyridine rings is 1. The first-order chi connectivity index (χ1) is 15.7. The smallest absolute Gasteiger partial charge is 0.379 e. The van der Waals surface area contributed by atoms with E-state index in [1.165, 1.54) is 17.0 Å². The van der Waals surface area contributed by atoms with E-state index in [1.54, 1.807) is 25.4 Å². The highest BCUT2D eigenvalue weighted by Gasteiger charge is 2.42. The third-order valence-corrected chi connectivity index (χ3v) is 6.33. The van der Waals surface area contributed by atoms with Gasteiger partial charge in [0.05, 0.1) is 30.0 Å². The highest BCUT2D eigenvalue weighted by atomic mass is 19.4. The predicted octanol–water partition coefficient (Wildman–Crippen LogP) is 3.31. The monoisotopic (exact) mass is 457 g/mol. The van der Waals surface area contributed by atoms with Crippen LogP contribution in [0.5, 0.6) is 0 Å². The number of nitrogens with zero attached hydrogens (tertiary/aromatic N) is 5. The van der Waals surface area contributed by atoms with Crippen molar-refractivity contribution >= 4 is 5.52 Å². The van der Waals surface area contributed by atoms with Gasteiger partial charge < -0.3 is 9.30 Å². The van der Waals surface area contributed by atoms with Crippen LogP contribution in [0, 0.1) is 0 Å². The molecule has 1 aliphatic rings. The quantitative estimate of drug-likeness (QED) is 0.461. The van der Waals surface area contributed by atoms with Crippen LogP contribution in [0.1, 0.15) is 29.4 Å². The maximum Gasteiger partial charge on any atom is 0.418 e. The molecule has 1 fully saturated rings. The third kappa shape index (κ3) is 3.54. The summed E-state index contributed by atoms with van der Waals surface area (Å²) in [5.41, 5.74) is -0.00598. The molecule has 33 heavy (non-hydrogen) atoms. The summed E-state index contributed by atoms with van der Waals surface area (Å²) in [7, 11) is 1.87. The van der Waals surface area contributed by atoms with Gasteiger partial charge >= 0.3 is 11.9 Å². The number of halogens is 3. The Morgan fingerprint density at radius 3 is 2.58 bits per heavy atom. The summed E-state index contributed by atoms with van der Waals surface area (Å²) in [6.07, 6.45) is 0.779. The predicted molar refractivity (Wildman–Crippen MR) is 115 cm³/mol. The molecule has 4 heterocycles. The van der Waals surface area contributed by atoms with Gasteiger partial charge in [-0.1, -0.05) is 19.1 Å². The van der Waals surface area contributed by atoms with E-state index in [4.69, 9.17) is 4.74 Å². The van der Waals surface area contributed by atoms with Gasteiger partial charge in [0.25, 0.3) is 0 Å². The fourth-order valence-electron chi connectivity index (χ4n) is 4.33. The normalized spacial score (nSPS) is 15.7. The largest absolute Gasteiger partial charge is 0.418 e. The fraction of sp³-hybridized carbons (Fsp3) is 0.348. The number of aromatic nitrogens is 5. The van der Waals surface area contributed by atoms with Crippen molar-refractivity contribution in [3.63, 3.8) is 0 Å². The topological polar surface area (TPSA) is 66.4 Å². The maximum atomic E-state index is 13.7. The first kappa shape index (κ1) is 21.4. The Bertz CT molecular complexity index is 1400. The molecular weight excluding hydrogens is 435 g/mol. The summed E-state index contributed by atoms with van der Waals surface area (Å²) in [5.74, 6) is 0.803. The van der Waals surface area contributed by atoms with Gasteiger partial charge in [-0.25, -0.2) is 4.79 Å². The van der Waals surface area contributed by atoms with Crippen LogP contribution in [0.4, 0.5) is 13.2 Å². The molecule has 1 saturated heterocycles. The summed E-state index contributed by atoms with van der Waals surface area (Å²) in [6.45, 7) is 2.71. The molecule has 0 aliphatic carbocycles. The molecule has 0 bridgehead atoms. The lowest BCUT2D eigenvalue weighted by Gasteiger charge is -2.41. The number of fused-ring (bicyclic) bond motifs is 1. The Labute approximate surface area is 187 Å². The van der Waals surface area contributed by atoms with E-state index >= 15 is 0 Å². The third-order valence-electron chi connectivity index (χ3n) is 6.33. The number of aryl methyl sites for hydroxylation is 2. The SMILES string of the molecule is CCc1cc(C(F)(F)F)c2cn(-c3cccc(C4(Cc5nncn5C)COC4)c3)c(=O)n2c1. The van der Waals surface area contributed by atoms with Crippen molar-refractivity contribution in [1.82, 2.24) is 23.7 Å². The Hall–Kier alpha value is -3.40. The fourth-order valence-corrected chi connectivity index (χ4v) is 4.33. The van der Waals surface area contributed by atoms with E-state index in [0.717, 1.165) is 21.9 Å². The molecule has 1 aliphatic heterocycles. The maximum absolute atomic E-state index is 13.7. The lowest BCUT2D eigenvalue weighted by molar-refractivity contribution is -0.136. The molecule has 0 radical (unpaired) electrons. The van der Waals surface area contributed by atoms with Gasteiger partial charge in [-0.05, 0) is 35.7 Å². The highest BCUT2D eigenvalue weighted by molar-refractivity contribution is 5.58. The van der Waals surface area contributed by atoms with Gasteiger partial charge in [0.1, 0.15) is 12.2 Å². The number of ether oxygens (including phenoxy) is 1. The molecule has 0 saturated carbocycles. The average molecular weight is 457 g/mol. The molecule has 0 atom stereocenters. The molecule has 4 aromatic rings. The molecule has 172 valence electrons. The Morgan fingerprint density at radius 1 is 1.18 bits per heavy atom. The Morgan fingerprint density at radius 2 is 1.97 bits per heavy atom. The molecular formula is C23H22F3N5O2. The lowest BCUT2D eigenvalue weighted by Crippen LogP contribution is -2.49. The summed E-state index contributed by atoms with van der Waals surface area (Å²) in [4.78, 5) is 13.1. The van der Waals surface area contributed by atoms with Crippen LogP contribution >= 0.6 is 0 Å². The van der Waals surface area contributed by atoms with Crippen LogP contribution in [-0.2, 0) is 36.2 Å². The van der Waals surface area contributed by atoms with Crippen LogP contribution in [0.15, 0.2) is 53.8 Å². The standard InChI is InChI=1S/C23H22F3N5O2/c1-3-15-7-18(23(24,25)26)19-11-30(21(32)31(19)10-15)17-6-4-5-16(8-17)22(12-33-13-22)9-20-28-27-14-29(20)2/h4-8,10-11,14H,3,9,12-13H2,1-2H3. The number of alkyl halides is 3. The molecule has 7 nitrogen and oxygen atoms in total. The molecule has 0 N–H and O–H groups in total. The zero-order valence-electron chi connectivity index (χ0n) is 18.1. The second-order valence-corrected chi connectivity index (χ2v) is 8.51. The first-order valence-corrected chi connectivity index (χ1v) is 10.6. The van der Waals surface area contributed by atoms with Crippen molar-refractivity contribution in [2.45, 2.75) is 31.4 Å². The Balaban J connectivity index is 1.62. The van der Waals surface area contributed by atoms with Crippen LogP contribution in [0.3, 0.4) is 0 Å². The summed E-state index contributed by atoms with van der Waals surface area (Å²) < 4.78 is 50.9. The van der Waals surface area contributed by atoms with Gasteiger partial charge in [0.15, 0.2) is 0 Å². The second-order valence-electron chi connectivity index (χ2n) is 8.51. The number of benzene rings is 1. The van der Waals surface area contributed by atoms with Crippen molar-refractivity contribution < 1.29 is 17.9 Å². The number of imidazole rings is 1. The lowest BCUT2D eigenvalue weighted by atomic mass is 9.75. The van der Waals surface area contributed by atoms with Gasteiger partial charge in [-0.2, -0.15) is 13.2 Å². The van der Waals surface area contributed by atoms with Crippen LogP contribution < -0.4 is 5.69 Å². The van der Waals surface area contributed by atoms with Crippen LogP contribution in [0.25, 0.3) is 11.2 Å². The summed E-state index contributed by atoms with van der Waals surface area (Å²) in [6, 6.07) is 8.41. The number of hydrogen-bond acceptors (Lipinski definition) is 4. The molecule has 1 aromatic carbocycles. The van der Waals surface area contributed by atoms with Crippen molar-refractivity contribution in [1.29, 1.82) is 0 Å². The van der Waals surface area contributed by atoms with E-state index in [1.807, 2.05) is 23.7 Å². The van der Waals surface area contributed by atoms with Crippen molar-refractivity contribution in [3.05, 3.63) is 82.1 Å². The van der Waals surface area contributed by atoms with Crippen molar-refractivity contribution in [2.75, 3.05) is 13.2 Å². The van der Waals surface area contributed by atoms with E-state index in [0.29, 0.717) is 37.3 Å². The molecule has 5 rings (SSSR count). The average Bonchev–Trinajstić information content (AvgIpc) is 3.32. The number of rotatable bonds is 5. The minimum Gasteiger partial charge on any atom is -0.379 e. The number of hydrogen-bond donors (Lipinski definition) is 0. The molecule has 3 aromatic heterocycles. The van der Waals surface area contributed by atoms with Gasteiger partial charge in [-0.3, -0.25) is 8.97 Å². The minimum atomic E-state index is -4.57. The van der Waals surface area contributed by atoms with Crippen molar-refractivity contribution in [2.24, 2.45) is 7.05 Å². The zero-order valence-corrected chi connectivity index (χ0v) is 18.1. The van der Waals surface area contributed by atoms with Crippen molar-refractivity contribution in [3.8, 4) is 5.69 Å². The zero-order chi connectivity index (χ0) is 23.4. The Kier molecular flexibility index (Phi) is 4.93.